The molecule has 68 valence electrons. The Kier molecular flexibility index (Phi) is 5.01. The van der Waals surface area contributed by atoms with E-state index in [0.717, 1.165) is 18.1 Å². The van der Waals surface area contributed by atoms with Gasteiger partial charge in [-0.2, -0.15) is 0 Å². The number of aryl methyl sites for hydroxylation is 1. The van der Waals surface area contributed by atoms with Crippen LogP contribution in [0.5, 0.6) is 0 Å². The molecule has 0 N–H and O–H groups in total. The Labute approximate surface area is 88.5 Å². The molecule has 1 heterocycles. The van der Waals surface area contributed by atoms with Crippen molar-refractivity contribution in [3.05, 3.63) is 18.2 Å². The predicted molar refractivity (Wildman–Crippen MR) is 59.4 cm³/mol. The first-order valence-electron chi connectivity index (χ1n) is 3.62. The molecule has 1 aromatic heterocycles. The van der Waals surface area contributed by atoms with E-state index in [9.17, 15) is 0 Å². The highest BCUT2D eigenvalue weighted by Crippen LogP contribution is 2.09. The maximum absolute atomic E-state index is 5.40. The first kappa shape index (κ1) is 10.3. The fraction of sp³-hybridized carbons (Fsp3) is 0.571. The molecule has 0 bridgehead atoms. The van der Waals surface area contributed by atoms with Gasteiger partial charge in [-0.05, 0) is 28.1 Å². The molecule has 0 spiro atoms. The predicted octanol–water partition coefficient (Wildman–Crippen LogP) is 2.25. The van der Waals surface area contributed by atoms with Crippen molar-refractivity contribution in [1.29, 1.82) is 0 Å². The standard InChI is InChI=1S/C7H11IN2OS/c1-7-4-9-5-10(7)6-11-2-3-12-8/h4-5H,2-3,6H2,1H3. The van der Waals surface area contributed by atoms with E-state index >= 15 is 0 Å². The monoisotopic (exact) mass is 298 g/mol. The highest BCUT2D eigenvalue weighted by molar-refractivity contribution is 14.2. The van der Waals surface area contributed by atoms with E-state index < -0.39 is 0 Å². The molecular weight excluding hydrogens is 287 g/mol. The second-order valence-corrected chi connectivity index (χ2v) is 4.85. The van der Waals surface area contributed by atoms with Crippen molar-refractivity contribution < 1.29 is 4.74 Å². The normalized spacial score (nSPS) is 10.5. The molecule has 0 aromatic carbocycles. The highest BCUT2D eigenvalue weighted by atomic mass is 127. The molecule has 1 rings (SSSR count). The van der Waals surface area contributed by atoms with Crippen molar-refractivity contribution in [2.75, 3.05) is 12.4 Å². The van der Waals surface area contributed by atoms with Gasteiger partial charge in [-0.3, -0.25) is 0 Å². The van der Waals surface area contributed by atoms with Crippen LogP contribution in [-0.2, 0) is 11.5 Å². The van der Waals surface area contributed by atoms with Gasteiger partial charge >= 0.3 is 0 Å². The van der Waals surface area contributed by atoms with E-state index in [1.54, 1.807) is 15.3 Å². The van der Waals surface area contributed by atoms with Crippen molar-refractivity contribution in [2.24, 2.45) is 0 Å². The molecule has 0 saturated carbocycles. The maximum Gasteiger partial charge on any atom is 0.124 e. The van der Waals surface area contributed by atoms with Crippen molar-refractivity contribution in [3.8, 4) is 0 Å². The molecule has 0 radical (unpaired) electrons. The number of imidazole rings is 1. The third-order valence-corrected chi connectivity index (χ3v) is 3.10. The Morgan fingerprint density at radius 3 is 3.17 bits per heavy atom. The summed E-state index contributed by atoms with van der Waals surface area (Å²) in [6.07, 6.45) is 3.61. The van der Waals surface area contributed by atoms with Crippen LogP contribution in [0.1, 0.15) is 5.69 Å². The van der Waals surface area contributed by atoms with Gasteiger partial charge in [0.25, 0.3) is 0 Å². The van der Waals surface area contributed by atoms with Crippen LogP contribution in [-0.4, -0.2) is 21.9 Å². The second kappa shape index (κ2) is 5.82. The van der Waals surface area contributed by atoms with Crippen molar-refractivity contribution >= 4 is 30.1 Å². The van der Waals surface area contributed by atoms with Gasteiger partial charge in [-0.1, -0.05) is 8.93 Å². The molecular formula is C7H11IN2OS. The number of nitrogens with zero attached hydrogens (tertiary/aromatic N) is 2. The number of hydrogen-bond donors (Lipinski definition) is 0. The Balaban J connectivity index is 2.20. The van der Waals surface area contributed by atoms with E-state index in [2.05, 4.69) is 26.2 Å². The smallest absolute Gasteiger partial charge is 0.124 e. The van der Waals surface area contributed by atoms with Crippen molar-refractivity contribution in [2.45, 2.75) is 13.7 Å². The fourth-order valence-corrected chi connectivity index (χ4v) is 1.50. The summed E-state index contributed by atoms with van der Waals surface area (Å²) in [6, 6.07) is 0. The average molecular weight is 298 g/mol. The second-order valence-electron chi connectivity index (χ2n) is 2.36. The Morgan fingerprint density at radius 1 is 1.75 bits per heavy atom. The summed E-state index contributed by atoms with van der Waals surface area (Å²) in [7, 11) is 1.76. The van der Waals surface area contributed by atoms with Crippen LogP contribution in [0.4, 0.5) is 0 Å². The number of halogens is 1. The molecule has 12 heavy (non-hydrogen) atoms. The van der Waals surface area contributed by atoms with Crippen LogP contribution < -0.4 is 0 Å². The quantitative estimate of drug-likeness (QED) is 0.616. The average Bonchev–Trinajstić information content (AvgIpc) is 2.46. The molecule has 0 saturated heterocycles. The third-order valence-electron chi connectivity index (χ3n) is 1.46. The summed E-state index contributed by atoms with van der Waals surface area (Å²) in [4.78, 5) is 4.00. The zero-order valence-corrected chi connectivity index (χ0v) is 9.84. The lowest BCUT2D eigenvalue weighted by atomic mass is 10.5. The first-order valence-corrected chi connectivity index (χ1v) is 7.15. The molecule has 0 amide bonds. The van der Waals surface area contributed by atoms with Gasteiger partial charge in [0.05, 0.1) is 12.9 Å². The molecule has 0 aliphatic heterocycles. The Bertz CT molecular complexity index is 229. The van der Waals surface area contributed by atoms with E-state index in [-0.39, 0.29) is 0 Å². The van der Waals surface area contributed by atoms with Crippen LogP contribution in [0.2, 0.25) is 0 Å². The lowest BCUT2D eigenvalue weighted by Crippen LogP contribution is -2.04. The summed E-state index contributed by atoms with van der Waals surface area (Å²) in [6.45, 7) is 3.43. The number of hydrogen-bond acceptors (Lipinski definition) is 3. The molecule has 5 heteroatoms. The molecule has 0 unspecified atom stereocenters. The Hall–Kier alpha value is 0.250. The summed E-state index contributed by atoms with van der Waals surface area (Å²) in [5, 5.41) is 0. The molecule has 0 fully saturated rings. The largest absolute Gasteiger partial charge is 0.360 e. The van der Waals surface area contributed by atoms with Crippen molar-refractivity contribution in [3.63, 3.8) is 0 Å². The topological polar surface area (TPSA) is 27.1 Å². The van der Waals surface area contributed by atoms with E-state index in [4.69, 9.17) is 4.74 Å². The fourth-order valence-electron chi connectivity index (χ4n) is 0.775. The number of rotatable bonds is 5. The van der Waals surface area contributed by atoms with Gasteiger partial charge in [0.15, 0.2) is 0 Å². The number of aromatic nitrogens is 2. The van der Waals surface area contributed by atoms with Crippen molar-refractivity contribution in [1.82, 2.24) is 9.55 Å². The Morgan fingerprint density at radius 2 is 2.58 bits per heavy atom. The van der Waals surface area contributed by atoms with Gasteiger partial charge in [-0.25, -0.2) is 4.98 Å². The van der Waals surface area contributed by atoms with E-state index in [0.29, 0.717) is 6.73 Å². The van der Waals surface area contributed by atoms with Gasteiger partial charge < -0.3 is 9.30 Å². The summed E-state index contributed by atoms with van der Waals surface area (Å²) >= 11 is 2.26. The lowest BCUT2D eigenvalue weighted by Gasteiger charge is -2.04. The van der Waals surface area contributed by atoms with Crippen LogP contribution in [0.15, 0.2) is 12.5 Å². The molecule has 0 aliphatic rings. The highest BCUT2D eigenvalue weighted by Gasteiger charge is 1.94. The molecule has 0 aliphatic carbocycles. The van der Waals surface area contributed by atoms with Gasteiger partial charge in [0, 0.05) is 17.6 Å². The summed E-state index contributed by atoms with van der Waals surface area (Å²) < 4.78 is 7.38. The zero-order chi connectivity index (χ0) is 8.81. The van der Waals surface area contributed by atoms with Crippen LogP contribution in [0.25, 0.3) is 0 Å². The van der Waals surface area contributed by atoms with E-state index in [1.807, 2.05) is 17.7 Å². The molecule has 0 atom stereocenters. The van der Waals surface area contributed by atoms with Crippen LogP contribution in [0.3, 0.4) is 0 Å². The minimum atomic E-state index is 0.614. The van der Waals surface area contributed by atoms with Gasteiger partial charge in [0.1, 0.15) is 6.73 Å². The number of ether oxygens (including phenoxy) is 1. The third kappa shape index (κ3) is 3.32. The zero-order valence-electron chi connectivity index (χ0n) is 6.86. The van der Waals surface area contributed by atoms with E-state index in [1.165, 1.54) is 0 Å². The molecule has 1 aromatic rings. The maximum atomic E-state index is 5.40. The minimum Gasteiger partial charge on any atom is -0.360 e. The molecule has 3 nitrogen and oxygen atoms in total. The SMILES string of the molecule is Cc1cncn1COCCSI. The lowest BCUT2D eigenvalue weighted by molar-refractivity contribution is 0.0887. The minimum absolute atomic E-state index is 0.614. The summed E-state index contributed by atoms with van der Waals surface area (Å²) in [5.41, 5.74) is 1.14. The van der Waals surface area contributed by atoms with Crippen LogP contribution >= 0.6 is 30.1 Å². The summed E-state index contributed by atoms with van der Waals surface area (Å²) in [5.74, 6) is 1.04. The van der Waals surface area contributed by atoms with Crippen LogP contribution in [0, 0.1) is 6.92 Å². The van der Waals surface area contributed by atoms with Gasteiger partial charge in [-0.15, -0.1) is 0 Å². The first-order chi connectivity index (χ1) is 5.84. The van der Waals surface area contributed by atoms with Gasteiger partial charge in [0.2, 0.25) is 0 Å².